The minimum Gasteiger partial charge on any atom is -0.481 e. The molecular formula is C36H46F6N10O10. The van der Waals surface area contributed by atoms with Crippen molar-refractivity contribution in [3.63, 3.8) is 0 Å². The SMILES string of the molecule is CCC[C@H](NC(=O)C(F)(F)F)C(=O)NCCCC[C@@H]1NC(=O)/C(=C/c2ccccc2)NC(=O)[C@H](CC(=O)O)NC(=O)CNC(=O)[C@H](CCCN=C(N)NC(=O)C(F)(F)F)NC1=O. The lowest BCUT2D eigenvalue weighted by molar-refractivity contribution is -0.174. The van der Waals surface area contributed by atoms with Crippen LogP contribution >= 0.6 is 0 Å². The van der Waals surface area contributed by atoms with Gasteiger partial charge >= 0.3 is 30.1 Å². The molecule has 1 fully saturated rings. The third kappa shape index (κ3) is 18.7. The molecule has 0 aliphatic carbocycles. The lowest BCUT2D eigenvalue weighted by atomic mass is 10.1. The number of nitrogens with two attached hydrogens (primary N) is 1. The van der Waals surface area contributed by atoms with Crippen LogP contribution in [0.15, 0.2) is 41.0 Å². The number of carbonyl (C=O) groups excluding carboxylic acids is 8. The first-order valence-electron chi connectivity index (χ1n) is 18.8. The number of rotatable bonds is 16. The second kappa shape index (κ2) is 24.5. The van der Waals surface area contributed by atoms with E-state index in [1.165, 1.54) is 23.5 Å². The number of halogens is 6. The fourth-order valence-electron chi connectivity index (χ4n) is 5.39. The summed E-state index contributed by atoms with van der Waals surface area (Å²) in [5.74, 6) is -13.5. The van der Waals surface area contributed by atoms with Gasteiger partial charge in [0.2, 0.25) is 29.5 Å². The number of amides is 8. The van der Waals surface area contributed by atoms with Crippen molar-refractivity contribution in [2.24, 2.45) is 10.7 Å². The fraction of sp³-hybridized carbons (Fsp3) is 0.500. The van der Waals surface area contributed by atoms with E-state index < -0.39 is 121 Å². The lowest BCUT2D eigenvalue weighted by Gasteiger charge is -2.24. The zero-order valence-corrected chi connectivity index (χ0v) is 33.0. The van der Waals surface area contributed by atoms with Crippen molar-refractivity contribution in [3.8, 4) is 0 Å². The van der Waals surface area contributed by atoms with E-state index in [2.05, 4.69) is 36.9 Å². The maximum absolute atomic E-state index is 13.8. The second-order valence-corrected chi connectivity index (χ2v) is 13.4. The monoisotopic (exact) mass is 892 g/mol. The lowest BCUT2D eigenvalue weighted by Crippen LogP contribution is -2.54. The predicted octanol–water partition coefficient (Wildman–Crippen LogP) is -0.890. The molecule has 0 radical (unpaired) electrons. The quantitative estimate of drug-likeness (QED) is 0.0319. The van der Waals surface area contributed by atoms with Crippen LogP contribution in [-0.4, -0.2) is 120 Å². The Morgan fingerprint density at radius 3 is 2.10 bits per heavy atom. The maximum atomic E-state index is 13.8. The summed E-state index contributed by atoms with van der Waals surface area (Å²) < 4.78 is 76.2. The summed E-state index contributed by atoms with van der Waals surface area (Å²) in [6.07, 6.45) is -10.9. The highest BCUT2D eigenvalue weighted by atomic mass is 19.4. The van der Waals surface area contributed by atoms with Crippen LogP contribution in [0, 0.1) is 0 Å². The van der Waals surface area contributed by atoms with Crippen LogP contribution < -0.4 is 48.3 Å². The first-order valence-corrected chi connectivity index (χ1v) is 18.8. The molecule has 4 atom stereocenters. The van der Waals surface area contributed by atoms with Gasteiger partial charge in [-0.05, 0) is 50.2 Å². The van der Waals surface area contributed by atoms with Crippen LogP contribution in [0.5, 0.6) is 0 Å². The molecule has 1 aromatic carbocycles. The number of nitrogens with one attached hydrogen (secondary N) is 8. The number of benzene rings is 1. The van der Waals surface area contributed by atoms with E-state index in [9.17, 15) is 74.6 Å². The summed E-state index contributed by atoms with van der Waals surface area (Å²) in [7, 11) is 0. The first kappa shape index (κ1) is 51.4. The molecule has 0 saturated carbocycles. The van der Waals surface area contributed by atoms with Crippen LogP contribution in [0.1, 0.15) is 63.9 Å². The third-order valence-electron chi connectivity index (χ3n) is 8.43. The Bertz CT molecular complexity index is 1860. The third-order valence-corrected chi connectivity index (χ3v) is 8.43. The Balaban J connectivity index is 2.43. The number of unbranched alkanes of at least 4 members (excludes halogenated alkanes) is 1. The zero-order chi connectivity index (χ0) is 46.6. The number of carbonyl (C=O) groups is 9. The van der Waals surface area contributed by atoms with Crippen molar-refractivity contribution in [1.82, 2.24) is 42.5 Å². The van der Waals surface area contributed by atoms with E-state index in [1.54, 1.807) is 30.4 Å². The molecule has 0 aromatic heterocycles. The number of alkyl halides is 6. The van der Waals surface area contributed by atoms with Gasteiger partial charge in [0.1, 0.15) is 29.9 Å². The first-order chi connectivity index (χ1) is 29.0. The summed E-state index contributed by atoms with van der Waals surface area (Å²) in [5, 5.41) is 26.2. The highest BCUT2D eigenvalue weighted by molar-refractivity contribution is 6.05. The molecule has 62 heavy (non-hydrogen) atoms. The van der Waals surface area contributed by atoms with Crippen LogP contribution in [0.3, 0.4) is 0 Å². The van der Waals surface area contributed by atoms with Crippen molar-refractivity contribution in [2.75, 3.05) is 19.6 Å². The number of hydrogen-bond acceptors (Lipinski definition) is 10. The minimum atomic E-state index is -5.27. The average molecular weight is 893 g/mol. The molecule has 11 N–H and O–H groups in total. The number of nitrogens with zero attached hydrogens (tertiary/aromatic N) is 1. The summed E-state index contributed by atoms with van der Waals surface area (Å²) in [6, 6.07) is 1.45. The van der Waals surface area contributed by atoms with Gasteiger partial charge in [-0.3, -0.25) is 53.5 Å². The van der Waals surface area contributed by atoms with Gasteiger partial charge in [-0.1, -0.05) is 43.7 Å². The number of aliphatic carboxylic acids is 1. The fourth-order valence-corrected chi connectivity index (χ4v) is 5.39. The van der Waals surface area contributed by atoms with Crippen molar-refractivity contribution in [1.29, 1.82) is 0 Å². The molecular weight excluding hydrogens is 846 g/mol. The van der Waals surface area contributed by atoms with Crippen LogP contribution in [0.25, 0.3) is 6.08 Å². The molecule has 0 unspecified atom stereocenters. The topological polar surface area (TPSA) is 308 Å². The number of carboxylic acid groups (broad SMARTS) is 1. The molecule has 1 heterocycles. The molecule has 0 bridgehead atoms. The molecule has 1 aromatic rings. The van der Waals surface area contributed by atoms with E-state index in [0.29, 0.717) is 5.56 Å². The Hall–Kier alpha value is -6.76. The smallest absolute Gasteiger partial charge is 0.471 e. The maximum Gasteiger partial charge on any atom is 0.471 e. The highest BCUT2D eigenvalue weighted by Gasteiger charge is 2.41. The van der Waals surface area contributed by atoms with E-state index in [1.807, 2.05) is 0 Å². The van der Waals surface area contributed by atoms with Gasteiger partial charge in [0.25, 0.3) is 5.91 Å². The molecule has 1 aliphatic rings. The van der Waals surface area contributed by atoms with Gasteiger partial charge in [-0.2, -0.15) is 26.3 Å². The van der Waals surface area contributed by atoms with Crippen LogP contribution in [0.4, 0.5) is 26.3 Å². The number of carboxylic acids is 1. The Morgan fingerprint density at radius 2 is 1.48 bits per heavy atom. The van der Waals surface area contributed by atoms with Crippen molar-refractivity contribution >= 4 is 65.3 Å². The van der Waals surface area contributed by atoms with Crippen molar-refractivity contribution in [2.45, 2.75) is 94.8 Å². The van der Waals surface area contributed by atoms with Gasteiger partial charge in [0.15, 0.2) is 5.96 Å². The standard InChI is InChI=1S/C36H46F6N10O10/c1-2-9-20(51-32(61)35(37,38)39)27(56)44-14-7-6-12-22-29(58)48-21(13-8-15-45-34(43)52-33(62)36(40,41)42)28(57)46-18-25(53)47-24(17-26(54)55)31(60)50-23(30(59)49-22)16-19-10-4-3-5-11-19/h3-5,10-11,16,20-22,24H,2,6-9,12-15,17-18H2,1H3,(H,44,56)(H,46,57)(H,47,53)(H,48,58)(H,49,59)(H,50,60)(H,51,61)(H,54,55)(H3,43,45,52,62)/b23-16-/t20-,21-,22-,24-/m0/s1. The number of hydrogen-bond donors (Lipinski definition) is 10. The Kier molecular flexibility index (Phi) is 20.3. The normalized spacial score (nSPS) is 19.6. The van der Waals surface area contributed by atoms with Gasteiger partial charge in [0, 0.05) is 13.1 Å². The molecule has 8 amide bonds. The average Bonchev–Trinajstić information content (AvgIpc) is 3.18. The van der Waals surface area contributed by atoms with E-state index in [-0.39, 0.29) is 51.5 Å². The van der Waals surface area contributed by atoms with E-state index >= 15 is 0 Å². The largest absolute Gasteiger partial charge is 0.481 e. The molecule has 1 aliphatic heterocycles. The van der Waals surface area contributed by atoms with Gasteiger partial charge in [0.05, 0.1) is 13.0 Å². The molecule has 26 heteroatoms. The van der Waals surface area contributed by atoms with Gasteiger partial charge < -0.3 is 48.1 Å². The summed E-state index contributed by atoms with van der Waals surface area (Å²) in [6.45, 7) is 0.141. The second-order valence-electron chi connectivity index (χ2n) is 13.4. The van der Waals surface area contributed by atoms with Gasteiger partial charge in [-0.25, -0.2) is 0 Å². The molecule has 1 saturated heterocycles. The molecule has 0 spiro atoms. The van der Waals surface area contributed by atoms with Crippen LogP contribution in [0.2, 0.25) is 0 Å². The summed E-state index contributed by atoms with van der Waals surface area (Å²) >= 11 is 0. The predicted molar refractivity (Wildman–Crippen MR) is 203 cm³/mol. The molecule has 20 nitrogen and oxygen atoms in total. The summed E-state index contributed by atoms with van der Waals surface area (Å²) in [4.78, 5) is 118. The van der Waals surface area contributed by atoms with E-state index in [0.717, 1.165) is 0 Å². The van der Waals surface area contributed by atoms with Crippen molar-refractivity contribution in [3.05, 3.63) is 41.6 Å². The van der Waals surface area contributed by atoms with Crippen molar-refractivity contribution < 1.29 is 74.6 Å². The molecule has 342 valence electrons. The van der Waals surface area contributed by atoms with Gasteiger partial charge in [-0.15, -0.1) is 0 Å². The Morgan fingerprint density at radius 1 is 0.855 bits per heavy atom. The van der Waals surface area contributed by atoms with Crippen LogP contribution in [-0.2, 0) is 43.2 Å². The summed E-state index contributed by atoms with van der Waals surface area (Å²) in [5.41, 5.74) is 5.16. The number of guanidine groups is 1. The minimum absolute atomic E-state index is 0.00367. The van der Waals surface area contributed by atoms with E-state index in [4.69, 9.17) is 5.73 Å². The Labute approximate surface area is 349 Å². The zero-order valence-electron chi connectivity index (χ0n) is 33.0. The number of aliphatic imine (C=N–C) groups is 1. The molecule has 2 rings (SSSR count). The highest BCUT2D eigenvalue weighted by Crippen LogP contribution is 2.16.